The number of fused-ring (bicyclic) bond motifs is 3. The Morgan fingerprint density at radius 1 is 1.12 bits per heavy atom. The van der Waals surface area contributed by atoms with Crippen molar-refractivity contribution >= 4 is 11.0 Å². The Morgan fingerprint density at radius 2 is 1.88 bits per heavy atom. The van der Waals surface area contributed by atoms with E-state index in [0.29, 0.717) is 22.3 Å². The number of hydrogen-bond donors (Lipinski definition) is 2. The summed E-state index contributed by atoms with van der Waals surface area (Å²) in [5.41, 5.74) is 7.47. The fourth-order valence-electron chi connectivity index (χ4n) is 4.12. The molecule has 2 heterocycles. The monoisotopic (exact) mass is 440 g/mol. The molecule has 0 fully saturated rings. The molecule has 6 nitrogen and oxygen atoms in total. The lowest BCUT2D eigenvalue weighted by molar-refractivity contribution is 0.388. The molecule has 3 aromatic carbocycles. The van der Waals surface area contributed by atoms with Crippen LogP contribution in [0.2, 0.25) is 0 Å². The summed E-state index contributed by atoms with van der Waals surface area (Å²) < 4.78 is 26.3. The SMILES string of the molecule is Cc1ccc(C2C(C#N)=C(N)Oc3cc(O)c4c(=O)cc(-c5ccccc5)oc4c32)cc1F. The molecule has 1 unspecified atom stereocenters. The first-order valence-corrected chi connectivity index (χ1v) is 10.1. The Kier molecular flexibility index (Phi) is 4.64. The van der Waals surface area contributed by atoms with Crippen LogP contribution in [0.4, 0.5) is 4.39 Å². The van der Waals surface area contributed by atoms with E-state index in [0.717, 1.165) is 0 Å². The number of benzene rings is 3. The van der Waals surface area contributed by atoms with Crippen LogP contribution in [0, 0.1) is 24.1 Å². The van der Waals surface area contributed by atoms with Crippen LogP contribution in [-0.2, 0) is 0 Å². The number of nitrogens with two attached hydrogens (primary N) is 1. The van der Waals surface area contributed by atoms with Crippen molar-refractivity contribution < 1.29 is 18.7 Å². The number of allylic oxidation sites excluding steroid dienone is 1. The minimum Gasteiger partial charge on any atom is -0.507 e. The number of rotatable bonds is 2. The number of nitrogens with zero attached hydrogens (tertiary/aromatic N) is 1. The van der Waals surface area contributed by atoms with Gasteiger partial charge in [0.1, 0.15) is 45.7 Å². The molecular weight excluding hydrogens is 423 g/mol. The standard InChI is InChI=1S/C26H17FN2O4/c1-13-7-8-15(9-17(13)27)22-16(12-28)26(29)33-21-11-19(31)23-18(30)10-20(32-25(23)24(21)22)14-5-3-2-4-6-14/h2-11,22,31H,29H2,1H3. The zero-order valence-electron chi connectivity index (χ0n) is 17.4. The lowest BCUT2D eigenvalue weighted by Crippen LogP contribution is -2.22. The Balaban J connectivity index is 1.89. The van der Waals surface area contributed by atoms with Crippen molar-refractivity contribution in [1.82, 2.24) is 0 Å². The molecule has 0 amide bonds. The Morgan fingerprint density at radius 3 is 2.58 bits per heavy atom. The lowest BCUT2D eigenvalue weighted by Gasteiger charge is -2.27. The van der Waals surface area contributed by atoms with E-state index in [2.05, 4.69) is 0 Å². The molecule has 1 aliphatic rings. The van der Waals surface area contributed by atoms with E-state index in [1.807, 2.05) is 12.1 Å². The molecule has 5 rings (SSSR count). The zero-order chi connectivity index (χ0) is 23.3. The van der Waals surface area contributed by atoms with Crippen LogP contribution < -0.4 is 15.9 Å². The third-order valence-electron chi connectivity index (χ3n) is 5.75. The fraction of sp³-hybridized carbons (Fsp3) is 0.0769. The van der Waals surface area contributed by atoms with Crippen LogP contribution in [0.3, 0.4) is 0 Å². The highest BCUT2D eigenvalue weighted by Crippen LogP contribution is 2.48. The van der Waals surface area contributed by atoms with Crippen LogP contribution in [0.25, 0.3) is 22.3 Å². The molecule has 0 radical (unpaired) electrons. The third-order valence-corrected chi connectivity index (χ3v) is 5.75. The van der Waals surface area contributed by atoms with Gasteiger partial charge in [-0.05, 0) is 24.1 Å². The number of halogens is 1. The Labute approximate surface area is 187 Å². The summed E-state index contributed by atoms with van der Waals surface area (Å²) in [6.07, 6.45) is 0. The fourth-order valence-corrected chi connectivity index (χ4v) is 4.12. The number of aryl methyl sites for hydroxylation is 1. The second kappa shape index (κ2) is 7.53. The van der Waals surface area contributed by atoms with Gasteiger partial charge in [-0.15, -0.1) is 0 Å². The van der Waals surface area contributed by atoms with E-state index in [1.165, 1.54) is 18.2 Å². The van der Waals surface area contributed by atoms with Gasteiger partial charge in [0.25, 0.3) is 0 Å². The molecule has 0 saturated heterocycles. The minimum absolute atomic E-state index is 0.0441. The third kappa shape index (κ3) is 3.20. The highest BCUT2D eigenvalue weighted by atomic mass is 19.1. The maximum Gasteiger partial charge on any atom is 0.205 e. The van der Waals surface area contributed by atoms with Gasteiger partial charge in [0, 0.05) is 17.7 Å². The predicted molar refractivity (Wildman–Crippen MR) is 120 cm³/mol. The summed E-state index contributed by atoms with van der Waals surface area (Å²) in [5.74, 6) is -1.45. The van der Waals surface area contributed by atoms with Gasteiger partial charge in [-0.3, -0.25) is 4.79 Å². The molecule has 0 bridgehead atoms. The smallest absolute Gasteiger partial charge is 0.205 e. The molecule has 0 saturated carbocycles. The van der Waals surface area contributed by atoms with Gasteiger partial charge in [0.15, 0.2) is 5.43 Å². The summed E-state index contributed by atoms with van der Waals surface area (Å²) in [6.45, 7) is 1.63. The van der Waals surface area contributed by atoms with Crippen molar-refractivity contribution in [2.75, 3.05) is 0 Å². The first kappa shape index (κ1) is 20.3. The van der Waals surface area contributed by atoms with Crippen molar-refractivity contribution in [3.8, 4) is 28.9 Å². The van der Waals surface area contributed by atoms with Crippen LogP contribution in [0.5, 0.6) is 11.5 Å². The number of aromatic hydroxyl groups is 1. The van der Waals surface area contributed by atoms with E-state index < -0.39 is 17.2 Å². The average molecular weight is 440 g/mol. The van der Waals surface area contributed by atoms with Gasteiger partial charge >= 0.3 is 0 Å². The van der Waals surface area contributed by atoms with Gasteiger partial charge in [-0.2, -0.15) is 5.26 Å². The van der Waals surface area contributed by atoms with Crippen molar-refractivity contribution in [2.45, 2.75) is 12.8 Å². The number of hydrogen-bond acceptors (Lipinski definition) is 6. The average Bonchev–Trinajstić information content (AvgIpc) is 2.80. The van der Waals surface area contributed by atoms with Gasteiger partial charge in [0.2, 0.25) is 5.88 Å². The molecule has 0 aliphatic carbocycles. The number of ether oxygens (including phenoxy) is 1. The maximum absolute atomic E-state index is 14.5. The topological polar surface area (TPSA) is 109 Å². The first-order valence-electron chi connectivity index (χ1n) is 10.1. The van der Waals surface area contributed by atoms with E-state index in [-0.39, 0.29) is 39.7 Å². The molecule has 1 atom stereocenters. The second-order valence-corrected chi connectivity index (χ2v) is 7.79. The highest BCUT2D eigenvalue weighted by molar-refractivity contribution is 5.91. The molecule has 7 heteroatoms. The Bertz CT molecular complexity index is 1570. The quantitative estimate of drug-likeness (QED) is 0.462. The lowest BCUT2D eigenvalue weighted by atomic mass is 9.82. The van der Waals surface area contributed by atoms with Crippen molar-refractivity contribution in [2.24, 2.45) is 5.73 Å². The van der Waals surface area contributed by atoms with Crippen LogP contribution in [-0.4, -0.2) is 5.11 Å². The summed E-state index contributed by atoms with van der Waals surface area (Å²) in [5, 5.41) is 20.4. The molecule has 4 aromatic rings. The normalized spacial score (nSPS) is 15.1. The number of phenolic OH excluding ortho intramolecular Hbond substituents is 1. The molecule has 3 N–H and O–H groups in total. The first-order chi connectivity index (χ1) is 15.9. The summed E-state index contributed by atoms with van der Waals surface area (Å²) in [6, 6.07) is 18.2. The molecule has 1 aliphatic heterocycles. The van der Waals surface area contributed by atoms with E-state index in [9.17, 15) is 19.6 Å². The molecule has 0 spiro atoms. The second-order valence-electron chi connectivity index (χ2n) is 7.79. The highest BCUT2D eigenvalue weighted by Gasteiger charge is 2.35. The van der Waals surface area contributed by atoms with E-state index >= 15 is 0 Å². The van der Waals surface area contributed by atoms with E-state index in [1.54, 1.807) is 43.3 Å². The van der Waals surface area contributed by atoms with Crippen LogP contribution in [0.1, 0.15) is 22.6 Å². The maximum atomic E-state index is 14.5. The summed E-state index contributed by atoms with van der Waals surface area (Å²) in [4.78, 5) is 13.0. The van der Waals surface area contributed by atoms with Gasteiger partial charge in [-0.25, -0.2) is 4.39 Å². The molecular formula is C26H17FN2O4. The van der Waals surface area contributed by atoms with Crippen LogP contribution >= 0.6 is 0 Å². The summed E-state index contributed by atoms with van der Waals surface area (Å²) >= 11 is 0. The zero-order valence-corrected chi connectivity index (χ0v) is 17.4. The van der Waals surface area contributed by atoms with Crippen molar-refractivity contribution in [3.63, 3.8) is 0 Å². The molecule has 1 aromatic heterocycles. The molecule has 33 heavy (non-hydrogen) atoms. The predicted octanol–water partition coefficient (Wildman–Crippen LogP) is 4.83. The van der Waals surface area contributed by atoms with Gasteiger partial charge in [0.05, 0.1) is 11.5 Å². The van der Waals surface area contributed by atoms with E-state index in [4.69, 9.17) is 14.9 Å². The van der Waals surface area contributed by atoms with Gasteiger partial charge < -0.3 is 20.0 Å². The van der Waals surface area contributed by atoms with Gasteiger partial charge in [-0.1, -0.05) is 42.5 Å². The minimum atomic E-state index is -0.869. The van der Waals surface area contributed by atoms with Crippen molar-refractivity contribution in [3.05, 3.63) is 105 Å². The number of phenols is 1. The van der Waals surface area contributed by atoms with Crippen molar-refractivity contribution in [1.29, 1.82) is 5.26 Å². The molecule has 162 valence electrons. The number of nitriles is 1. The summed E-state index contributed by atoms with van der Waals surface area (Å²) in [7, 11) is 0. The largest absolute Gasteiger partial charge is 0.507 e. The van der Waals surface area contributed by atoms with Crippen LogP contribution in [0.15, 0.2) is 81.3 Å². The Hall–Kier alpha value is -4.57.